The van der Waals surface area contributed by atoms with Crippen molar-refractivity contribution in [1.82, 2.24) is 0 Å². The summed E-state index contributed by atoms with van der Waals surface area (Å²) in [5.41, 5.74) is 5.28. The van der Waals surface area contributed by atoms with E-state index in [1.807, 2.05) is 12.1 Å². The zero-order valence-corrected chi connectivity index (χ0v) is 16.9. The molecular formula is C26H24ClF. The lowest BCUT2D eigenvalue weighted by molar-refractivity contribution is 0.628. The first-order valence-corrected chi connectivity index (χ1v) is 10.2. The first kappa shape index (κ1) is 20.2. The summed E-state index contributed by atoms with van der Waals surface area (Å²) in [6.45, 7) is 2.24. The van der Waals surface area contributed by atoms with Crippen LogP contribution in [-0.4, -0.2) is 0 Å². The number of aryl methyl sites for hydroxylation is 1. The average Bonchev–Trinajstić information content (AvgIpc) is 2.73. The van der Waals surface area contributed by atoms with Crippen LogP contribution in [0, 0.1) is 17.7 Å². The van der Waals surface area contributed by atoms with E-state index in [0.29, 0.717) is 5.56 Å². The highest BCUT2D eigenvalue weighted by Crippen LogP contribution is 2.21. The Balaban J connectivity index is 1.64. The van der Waals surface area contributed by atoms with Crippen LogP contribution in [0.1, 0.15) is 49.3 Å². The second-order valence-electron chi connectivity index (χ2n) is 6.96. The van der Waals surface area contributed by atoms with Crippen LogP contribution in [-0.2, 0) is 6.42 Å². The van der Waals surface area contributed by atoms with Crippen LogP contribution in [0.4, 0.5) is 4.39 Å². The van der Waals surface area contributed by atoms with Crippen molar-refractivity contribution >= 4 is 11.6 Å². The molecule has 0 spiro atoms. The molecule has 0 nitrogen and oxygen atoms in total. The highest BCUT2D eigenvalue weighted by Gasteiger charge is 2.00. The smallest absolute Gasteiger partial charge is 0.143 e. The summed E-state index contributed by atoms with van der Waals surface area (Å²) in [7, 11) is 0. The molecule has 0 saturated carbocycles. The molecule has 0 bridgehead atoms. The van der Waals surface area contributed by atoms with Crippen molar-refractivity contribution in [2.24, 2.45) is 0 Å². The highest BCUT2D eigenvalue weighted by molar-refractivity contribution is 6.30. The van der Waals surface area contributed by atoms with Crippen LogP contribution in [0.5, 0.6) is 0 Å². The minimum absolute atomic E-state index is 0.113. The van der Waals surface area contributed by atoms with Gasteiger partial charge in [0.15, 0.2) is 0 Å². The molecule has 3 rings (SSSR count). The first-order valence-electron chi connectivity index (χ1n) is 9.82. The fourth-order valence-electron chi connectivity index (χ4n) is 3.08. The van der Waals surface area contributed by atoms with Crippen molar-refractivity contribution in [3.63, 3.8) is 0 Å². The summed E-state index contributed by atoms with van der Waals surface area (Å²) in [4.78, 5) is 0. The molecule has 28 heavy (non-hydrogen) atoms. The van der Waals surface area contributed by atoms with Gasteiger partial charge in [-0.3, -0.25) is 0 Å². The van der Waals surface area contributed by atoms with Crippen LogP contribution in [0.3, 0.4) is 0 Å². The number of benzene rings is 3. The van der Waals surface area contributed by atoms with E-state index in [2.05, 4.69) is 55.2 Å². The number of hydrogen-bond donors (Lipinski definition) is 0. The van der Waals surface area contributed by atoms with Gasteiger partial charge in [-0.2, -0.15) is 0 Å². The minimum atomic E-state index is -0.447. The summed E-state index contributed by atoms with van der Waals surface area (Å²) in [6.07, 6.45) is 6.32. The van der Waals surface area contributed by atoms with E-state index in [-0.39, 0.29) is 5.02 Å². The van der Waals surface area contributed by atoms with Gasteiger partial charge in [0.1, 0.15) is 5.82 Å². The van der Waals surface area contributed by atoms with Crippen molar-refractivity contribution in [2.45, 2.75) is 39.0 Å². The normalized spacial score (nSPS) is 10.4. The Labute approximate surface area is 172 Å². The van der Waals surface area contributed by atoms with Crippen molar-refractivity contribution < 1.29 is 4.39 Å². The molecule has 0 aliphatic carbocycles. The van der Waals surface area contributed by atoms with Crippen LogP contribution in [0.2, 0.25) is 5.02 Å². The van der Waals surface area contributed by atoms with Crippen LogP contribution < -0.4 is 0 Å². The third-order valence-electron chi connectivity index (χ3n) is 4.76. The summed E-state index contributed by atoms with van der Waals surface area (Å²) in [5.74, 6) is 5.60. The molecule has 3 aromatic rings. The Morgan fingerprint density at radius 3 is 2.00 bits per heavy atom. The fraction of sp³-hybridized carbons (Fsp3) is 0.231. The number of rotatable bonds is 6. The first-order chi connectivity index (χ1) is 13.7. The Morgan fingerprint density at radius 2 is 1.36 bits per heavy atom. The van der Waals surface area contributed by atoms with E-state index in [1.54, 1.807) is 6.07 Å². The van der Waals surface area contributed by atoms with Crippen molar-refractivity contribution in [3.8, 4) is 23.0 Å². The molecule has 0 aromatic heterocycles. The molecule has 0 atom stereocenters. The van der Waals surface area contributed by atoms with Crippen LogP contribution >= 0.6 is 11.6 Å². The third-order valence-corrected chi connectivity index (χ3v) is 5.07. The lowest BCUT2D eigenvalue weighted by Gasteiger charge is -2.05. The predicted octanol–water partition coefficient (Wildman–Crippen LogP) is 7.67. The summed E-state index contributed by atoms with van der Waals surface area (Å²) >= 11 is 5.70. The molecule has 0 radical (unpaired) electrons. The van der Waals surface area contributed by atoms with Crippen LogP contribution in [0.15, 0.2) is 66.7 Å². The lowest BCUT2D eigenvalue weighted by atomic mass is 10.0. The molecule has 142 valence electrons. The quantitative estimate of drug-likeness (QED) is 0.299. The Bertz CT molecular complexity index is 960. The van der Waals surface area contributed by atoms with Gasteiger partial charge >= 0.3 is 0 Å². The van der Waals surface area contributed by atoms with E-state index in [4.69, 9.17) is 11.6 Å². The second kappa shape index (κ2) is 10.1. The zero-order chi connectivity index (χ0) is 19.8. The molecule has 0 aliphatic rings. The molecule has 0 N–H and O–H groups in total. The van der Waals surface area contributed by atoms with Crippen molar-refractivity contribution in [3.05, 3.63) is 94.3 Å². The van der Waals surface area contributed by atoms with Gasteiger partial charge in [0.25, 0.3) is 0 Å². The van der Waals surface area contributed by atoms with Crippen LogP contribution in [0.25, 0.3) is 11.1 Å². The van der Waals surface area contributed by atoms with Gasteiger partial charge in [-0.1, -0.05) is 86.0 Å². The van der Waals surface area contributed by atoms with Crippen molar-refractivity contribution in [2.75, 3.05) is 0 Å². The van der Waals surface area contributed by atoms with Crippen molar-refractivity contribution in [1.29, 1.82) is 0 Å². The van der Waals surface area contributed by atoms with Gasteiger partial charge in [0.05, 0.1) is 5.02 Å². The van der Waals surface area contributed by atoms with E-state index in [9.17, 15) is 4.39 Å². The van der Waals surface area contributed by atoms with Gasteiger partial charge < -0.3 is 0 Å². The molecule has 0 saturated heterocycles. The maximum absolute atomic E-state index is 13.5. The van der Waals surface area contributed by atoms with E-state index >= 15 is 0 Å². The zero-order valence-electron chi connectivity index (χ0n) is 16.1. The number of unbranched alkanes of at least 4 members (excludes halogenated alkanes) is 3. The number of hydrogen-bond acceptors (Lipinski definition) is 0. The monoisotopic (exact) mass is 390 g/mol. The van der Waals surface area contributed by atoms with E-state index < -0.39 is 5.82 Å². The molecule has 2 heteroatoms. The molecule has 0 amide bonds. The predicted molar refractivity (Wildman–Crippen MR) is 117 cm³/mol. The maximum atomic E-state index is 13.5. The highest BCUT2D eigenvalue weighted by atomic mass is 35.5. The van der Waals surface area contributed by atoms with Gasteiger partial charge in [-0.25, -0.2) is 4.39 Å². The summed E-state index contributed by atoms with van der Waals surface area (Å²) in [5, 5.41) is 0.113. The van der Waals surface area contributed by atoms with Gasteiger partial charge in [0.2, 0.25) is 0 Å². The molecule has 0 aliphatic heterocycles. The second-order valence-corrected chi connectivity index (χ2v) is 7.37. The molecule has 0 heterocycles. The van der Waals surface area contributed by atoms with E-state index in [1.165, 1.54) is 54.5 Å². The summed E-state index contributed by atoms with van der Waals surface area (Å²) < 4.78 is 13.5. The van der Waals surface area contributed by atoms with Gasteiger partial charge in [-0.05, 0) is 59.9 Å². The maximum Gasteiger partial charge on any atom is 0.143 e. The van der Waals surface area contributed by atoms with E-state index in [0.717, 1.165) is 12.0 Å². The largest absolute Gasteiger partial charge is 0.205 e. The van der Waals surface area contributed by atoms with Gasteiger partial charge in [0, 0.05) is 11.1 Å². The lowest BCUT2D eigenvalue weighted by Crippen LogP contribution is -1.86. The standard InChI is InChI=1S/C26H24ClF/c1-2-3-4-5-6-20-9-14-23(15-10-20)24-16-11-21(12-17-24)7-8-22-13-18-25(27)26(28)19-22/h9-19H,2-6H2,1H3. The topological polar surface area (TPSA) is 0 Å². The van der Waals surface area contributed by atoms with Gasteiger partial charge in [-0.15, -0.1) is 0 Å². The fourth-order valence-corrected chi connectivity index (χ4v) is 3.20. The Hall–Kier alpha value is -2.56. The SMILES string of the molecule is CCCCCCc1ccc(-c2ccc(C#Cc3ccc(Cl)c(F)c3)cc2)cc1. The Morgan fingerprint density at radius 1 is 0.750 bits per heavy atom. The summed E-state index contributed by atoms with van der Waals surface area (Å²) in [6, 6.07) is 21.6. The Kier molecular flexibility index (Phi) is 7.29. The molecule has 0 unspecified atom stereocenters. The average molecular weight is 391 g/mol. The third kappa shape index (κ3) is 5.72. The molecule has 0 fully saturated rings. The minimum Gasteiger partial charge on any atom is -0.205 e. The molecule has 3 aromatic carbocycles. The molecular weight excluding hydrogens is 367 g/mol. The number of halogens is 2.